The molecule has 0 saturated carbocycles. The first-order valence-corrected chi connectivity index (χ1v) is 6.39. The predicted molar refractivity (Wildman–Crippen MR) is 70.9 cm³/mol. The molecule has 1 fully saturated rings. The van der Waals surface area contributed by atoms with Crippen LogP contribution in [0.4, 0.5) is 5.82 Å². The van der Waals surface area contributed by atoms with Gasteiger partial charge in [0.05, 0.1) is 23.9 Å². The maximum atomic E-state index is 9.44. The average Bonchev–Trinajstić information content (AvgIpc) is 2.87. The molecule has 3 rings (SSSR count). The molecule has 1 N–H and O–H groups in total. The molecule has 0 radical (unpaired) electrons. The summed E-state index contributed by atoms with van der Waals surface area (Å²) < 4.78 is 1.76. The second-order valence-corrected chi connectivity index (χ2v) is 4.84. The van der Waals surface area contributed by atoms with Crippen LogP contribution in [0.25, 0.3) is 0 Å². The van der Waals surface area contributed by atoms with Crippen LogP contribution >= 0.6 is 0 Å². The fourth-order valence-electron chi connectivity index (χ4n) is 2.19. The van der Waals surface area contributed by atoms with Gasteiger partial charge in [0.2, 0.25) is 0 Å². The summed E-state index contributed by atoms with van der Waals surface area (Å²) in [5.74, 6) is 0.710. The lowest BCUT2D eigenvalue weighted by Crippen LogP contribution is -2.48. The van der Waals surface area contributed by atoms with Crippen LogP contribution in [0, 0.1) is 11.3 Å². The van der Waals surface area contributed by atoms with Crippen molar-refractivity contribution in [3.63, 3.8) is 0 Å². The summed E-state index contributed by atoms with van der Waals surface area (Å²) in [6.45, 7) is 3.12. The Morgan fingerprint density at radius 1 is 1.50 bits per heavy atom. The summed E-state index contributed by atoms with van der Waals surface area (Å²) in [6.07, 6.45) is 2.83. The van der Waals surface area contributed by atoms with Gasteiger partial charge in [-0.2, -0.15) is 5.26 Å². The predicted octanol–water partition coefficient (Wildman–Crippen LogP) is 0.659. The zero-order chi connectivity index (χ0) is 14.1. The Labute approximate surface area is 116 Å². The van der Waals surface area contributed by atoms with Gasteiger partial charge in [0.15, 0.2) is 0 Å². The van der Waals surface area contributed by atoms with Crippen molar-refractivity contribution < 1.29 is 5.11 Å². The molecule has 3 heterocycles. The maximum absolute atomic E-state index is 9.44. The number of aromatic nitrogens is 4. The number of hydrogen-bond donors (Lipinski definition) is 1. The molecule has 1 aliphatic rings. The molecule has 7 heteroatoms. The zero-order valence-electron chi connectivity index (χ0n) is 11.0. The molecule has 1 saturated heterocycles. The van der Waals surface area contributed by atoms with Gasteiger partial charge in [-0.15, -0.1) is 5.10 Å². The summed E-state index contributed by atoms with van der Waals surface area (Å²) in [7, 11) is 0. The van der Waals surface area contributed by atoms with Crippen LogP contribution in [0.5, 0.6) is 0 Å². The minimum absolute atomic E-state index is 0.198. The molecular weight excluding hydrogens is 256 g/mol. The first-order valence-electron chi connectivity index (χ1n) is 6.39. The van der Waals surface area contributed by atoms with E-state index in [4.69, 9.17) is 5.26 Å². The molecule has 2 aromatic rings. The molecule has 1 atom stereocenters. The van der Waals surface area contributed by atoms with Crippen molar-refractivity contribution in [3.05, 3.63) is 35.8 Å². The normalized spacial score (nSPS) is 16.6. The number of aliphatic hydroxyl groups excluding tert-OH is 1. The summed E-state index contributed by atoms with van der Waals surface area (Å²) in [5.41, 5.74) is 1.15. The van der Waals surface area contributed by atoms with Crippen molar-refractivity contribution in [2.75, 3.05) is 18.0 Å². The van der Waals surface area contributed by atoms with Gasteiger partial charge in [0, 0.05) is 19.3 Å². The van der Waals surface area contributed by atoms with Gasteiger partial charge >= 0.3 is 0 Å². The number of nitrogens with zero attached hydrogens (tertiary/aromatic N) is 6. The Bertz CT molecular complexity index is 653. The van der Waals surface area contributed by atoms with Crippen molar-refractivity contribution >= 4 is 5.82 Å². The summed E-state index contributed by atoms with van der Waals surface area (Å²) in [6, 6.07) is 5.86. The third-order valence-electron chi connectivity index (χ3n) is 3.40. The Kier molecular flexibility index (Phi) is 3.08. The fourth-order valence-corrected chi connectivity index (χ4v) is 2.19. The number of nitriles is 1. The quantitative estimate of drug-likeness (QED) is 0.881. The molecule has 0 aromatic carbocycles. The third kappa shape index (κ3) is 2.10. The first-order chi connectivity index (χ1) is 9.69. The molecular formula is C13H14N6O. The molecule has 1 unspecified atom stereocenters. The van der Waals surface area contributed by atoms with Crippen molar-refractivity contribution in [2.45, 2.75) is 19.1 Å². The lowest BCUT2D eigenvalue weighted by molar-refractivity contribution is 0.194. The van der Waals surface area contributed by atoms with Crippen molar-refractivity contribution in [3.8, 4) is 6.07 Å². The number of anilines is 1. The minimum Gasteiger partial charge on any atom is -0.387 e. The largest absolute Gasteiger partial charge is 0.387 e. The number of rotatable bonds is 3. The molecule has 7 nitrogen and oxygen atoms in total. The van der Waals surface area contributed by atoms with Gasteiger partial charge in [-0.25, -0.2) is 9.67 Å². The molecule has 102 valence electrons. The van der Waals surface area contributed by atoms with Gasteiger partial charge in [0.1, 0.15) is 17.6 Å². The van der Waals surface area contributed by atoms with Gasteiger partial charge in [0.25, 0.3) is 0 Å². The SMILES string of the molecule is CC(O)c1cn(C2CN(c3ncccc3C#N)C2)nn1. The van der Waals surface area contributed by atoms with E-state index in [1.54, 1.807) is 36.1 Å². The van der Waals surface area contributed by atoms with E-state index in [0.29, 0.717) is 17.1 Å². The number of hydrogen-bond acceptors (Lipinski definition) is 6. The topological polar surface area (TPSA) is 90.9 Å². The minimum atomic E-state index is -0.610. The van der Waals surface area contributed by atoms with Crippen LogP contribution in [0.1, 0.15) is 30.3 Å². The van der Waals surface area contributed by atoms with E-state index in [0.717, 1.165) is 13.1 Å². The first kappa shape index (κ1) is 12.6. The Morgan fingerprint density at radius 2 is 2.30 bits per heavy atom. The second-order valence-electron chi connectivity index (χ2n) is 4.84. The second kappa shape index (κ2) is 4.90. The van der Waals surface area contributed by atoms with Crippen LogP contribution in [0.15, 0.2) is 24.5 Å². The summed E-state index contributed by atoms with van der Waals surface area (Å²) >= 11 is 0. The highest BCUT2D eigenvalue weighted by Crippen LogP contribution is 2.28. The van der Waals surface area contributed by atoms with Crippen LogP contribution < -0.4 is 4.90 Å². The van der Waals surface area contributed by atoms with E-state index in [2.05, 4.69) is 21.4 Å². The average molecular weight is 270 g/mol. The van der Waals surface area contributed by atoms with E-state index < -0.39 is 6.10 Å². The van der Waals surface area contributed by atoms with Gasteiger partial charge in [-0.3, -0.25) is 0 Å². The van der Waals surface area contributed by atoms with Crippen LogP contribution in [0.3, 0.4) is 0 Å². The van der Waals surface area contributed by atoms with E-state index >= 15 is 0 Å². The molecule has 0 spiro atoms. The van der Waals surface area contributed by atoms with Crippen molar-refractivity contribution in [2.24, 2.45) is 0 Å². The van der Waals surface area contributed by atoms with Crippen LogP contribution in [0.2, 0.25) is 0 Å². The highest BCUT2D eigenvalue weighted by atomic mass is 16.3. The maximum Gasteiger partial charge on any atom is 0.146 e. The summed E-state index contributed by atoms with van der Waals surface area (Å²) in [4.78, 5) is 6.29. The third-order valence-corrected chi connectivity index (χ3v) is 3.40. The highest BCUT2D eigenvalue weighted by Gasteiger charge is 2.31. The van der Waals surface area contributed by atoms with Crippen LogP contribution in [-0.4, -0.2) is 38.2 Å². The Morgan fingerprint density at radius 3 is 2.95 bits per heavy atom. The zero-order valence-corrected chi connectivity index (χ0v) is 11.0. The van der Waals surface area contributed by atoms with Crippen LogP contribution in [-0.2, 0) is 0 Å². The monoisotopic (exact) mass is 270 g/mol. The molecule has 0 bridgehead atoms. The summed E-state index contributed by atoms with van der Waals surface area (Å²) in [5, 5.41) is 26.4. The van der Waals surface area contributed by atoms with E-state index in [1.807, 2.05) is 4.90 Å². The van der Waals surface area contributed by atoms with E-state index in [9.17, 15) is 5.11 Å². The lowest BCUT2D eigenvalue weighted by Gasteiger charge is -2.40. The molecule has 0 aliphatic carbocycles. The molecule has 0 amide bonds. The number of aliphatic hydroxyl groups is 1. The van der Waals surface area contributed by atoms with Gasteiger partial charge in [-0.1, -0.05) is 5.21 Å². The molecule has 2 aromatic heterocycles. The molecule has 20 heavy (non-hydrogen) atoms. The van der Waals surface area contributed by atoms with Crippen molar-refractivity contribution in [1.29, 1.82) is 5.26 Å². The van der Waals surface area contributed by atoms with Gasteiger partial charge in [-0.05, 0) is 19.1 Å². The number of pyridine rings is 1. The fraction of sp³-hybridized carbons (Fsp3) is 0.385. The van der Waals surface area contributed by atoms with E-state index in [-0.39, 0.29) is 6.04 Å². The highest BCUT2D eigenvalue weighted by molar-refractivity contribution is 5.55. The Hall–Kier alpha value is -2.46. The molecule has 1 aliphatic heterocycles. The standard InChI is InChI=1S/C13H14N6O/c1-9(20)12-8-19(17-16-12)11-6-18(7-11)13-10(5-14)3-2-4-15-13/h2-4,8-9,11,20H,6-7H2,1H3. The Balaban J connectivity index is 1.70. The van der Waals surface area contributed by atoms with E-state index in [1.165, 1.54) is 0 Å². The van der Waals surface area contributed by atoms with Gasteiger partial charge < -0.3 is 10.0 Å². The lowest BCUT2D eigenvalue weighted by atomic mass is 10.1. The smallest absolute Gasteiger partial charge is 0.146 e. The van der Waals surface area contributed by atoms with Crippen molar-refractivity contribution in [1.82, 2.24) is 20.0 Å².